The summed E-state index contributed by atoms with van der Waals surface area (Å²) in [7, 11) is 1.42. The number of hydrogen-bond donors (Lipinski definition) is 0. The maximum Gasteiger partial charge on any atom is 0.341 e. The number of methoxy groups -OCH3 is 1. The molecule has 0 aromatic heterocycles. The second kappa shape index (κ2) is 4.00. The third-order valence-corrected chi connectivity index (χ3v) is 3.95. The maximum atomic E-state index is 11.8. The topological polar surface area (TPSA) is 48.1 Å². The van der Waals surface area contributed by atoms with Gasteiger partial charge in [0, 0.05) is 19.4 Å². The summed E-state index contributed by atoms with van der Waals surface area (Å²) in [5, 5.41) is 0. The lowest BCUT2D eigenvalue weighted by atomic mass is 9.81. The molecule has 0 N–H and O–H groups in total. The first-order chi connectivity index (χ1) is 7.64. The Morgan fingerprint density at radius 2 is 2.25 bits per heavy atom. The maximum absolute atomic E-state index is 11.8. The van der Waals surface area contributed by atoms with Gasteiger partial charge in [-0.25, -0.2) is 4.79 Å². The summed E-state index contributed by atoms with van der Waals surface area (Å²) >= 11 is 0. The lowest BCUT2D eigenvalue weighted by Gasteiger charge is -2.28. The van der Waals surface area contributed by atoms with Crippen LogP contribution in [-0.4, -0.2) is 37.0 Å². The molecule has 2 rings (SSSR count). The monoisotopic (exact) mass is 228 g/mol. The van der Waals surface area contributed by atoms with Crippen LogP contribution in [0.3, 0.4) is 0 Å². The quantitative estimate of drug-likeness (QED) is 0.544. The summed E-state index contributed by atoms with van der Waals surface area (Å²) < 4.78 is 16.3. The zero-order valence-electron chi connectivity index (χ0n) is 10.2. The van der Waals surface area contributed by atoms with E-state index in [1.807, 2.05) is 6.92 Å². The average molecular weight is 228 g/mol. The third kappa shape index (κ3) is 1.47. The molecular weight excluding hydrogens is 208 g/mol. The molecule has 4 nitrogen and oxygen atoms in total. The van der Waals surface area contributed by atoms with Crippen LogP contribution in [0.1, 0.15) is 39.5 Å². The molecule has 2 heterocycles. The van der Waals surface area contributed by atoms with E-state index >= 15 is 0 Å². The normalized spacial score (nSPS) is 42.1. The van der Waals surface area contributed by atoms with Crippen LogP contribution in [0.5, 0.6) is 0 Å². The van der Waals surface area contributed by atoms with Gasteiger partial charge in [-0.15, -0.1) is 0 Å². The fourth-order valence-electron chi connectivity index (χ4n) is 2.88. The van der Waals surface area contributed by atoms with Crippen molar-refractivity contribution in [1.82, 2.24) is 0 Å². The number of carbonyl (C=O) groups is 1. The van der Waals surface area contributed by atoms with Crippen molar-refractivity contribution in [2.45, 2.75) is 56.8 Å². The molecule has 0 aromatic carbocycles. The molecular formula is C12H20O4. The molecule has 4 heteroatoms. The van der Waals surface area contributed by atoms with Gasteiger partial charge in [0.2, 0.25) is 0 Å². The molecule has 1 spiro atoms. The van der Waals surface area contributed by atoms with Gasteiger partial charge in [-0.1, -0.05) is 13.8 Å². The molecule has 0 bridgehead atoms. The molecule has 92 valence electrons. The number of carbonyl (C=O) groups excluding carboxylic acids is 1. The van der Waals surface area contributed by atoms with Gasteiger partial charge in [-0.2, -0.15) is 0 Å². The highest BCUT2D eigenvalue weighted by Crippen LogP contribution is 2.58. The van der Waals surface area contributed by atoms with Gasteiger partial charge >= 0.3 is 5.97 Å². The van der Waals surface area contributed by atoms with Crippen molar-refractivity contribution >= 4 is 5.97 Å². The van der Waals surface area contributed by atoms with E-state index in [0.29, 0.717) is 13.0 Å². The van der Waals surface area contributed by atoms with Crippen LogP contribution >= 0.6 is 0 Å². The Kier molecular flexibility index (Phi) is 2.97. The number of ether oxygens (including phenoxy) is 3. The average Bonchev–Trinajstić information content (AvgIpc) is 2.96. The van der Waals surface area contributed by atoms with Crippen LogP contribution in [0.25, 0.3) is 0 Å². The largest absolute Gasteiger partial charge is 0.467 e. The van der Waals surface area contributed by atoms with Gasteiger partial charge in [0.15, 0.2) is 5.60 Å². The first-order valence-corrected chi connectivity index (χ1v) is 6.04. The first-order valence-electron chi connectivity index (χ1n) is 6.04. The van der Waals surface area contributed by atoms with Gasteiger partial charge < -0.3 is 14.2 Å². The van der Waals surface area contributed by atoms with Crippen LogP contribution in [0.4, 0.5) is 0 Å². The minimum atomic E-state index is -0.695. The summed E-state index contributed by atoms with van der Waals surface area (Å²) in [6.45, 7) is 4.75. The lowest BCUT2D eigenvalue weighted by molar-refractivity contribution is -0.147. The van der Waals surface area contributed by atoms with E-state index < -0.39 is 5.60 Å². The van der Waals surface area contributed by atoms with Crippen LogP contribution in [0.15, 0.2) is 0 Å². The molecule has 0 radical (unpaired) electrons. The highest BCUT2D eigenvalue weighted by Gasteiger charge is 2.74. The van der Waals surface area contributed by atoms with Gasteiger partial charge in [0.25, 0.3) is 0 Å². The van der Waals surface area contributed by atoms with E-state index in [1.165, 1.54) is 7.11 Å². The Morgan fingerprint density at radius 1 is 1.50 bits per heavy atom. The van der Waals surface area contributed by atoms with Crippen LogP contribution < -0.4 is 0 Å². The number of hydrogen-bond acceptors (Lipinski definition) is 4. The summed E-state index contributed by atoms with van der Waals surface area (Å²) in [6.07, 6.45) is 3.47. The van der Waals surface area contributed by atoms with Crippen LogP contribution in [0.2, 0.25) is 0 Å². The minimum absolute atomic E-state index is 0.215. The molecule has 2 saturated heterocycles. The fourth-order valence-corrected chi connectivity index (χ4v) is 2.88. The fraction of sp³-hybridized carbons (Fsp3) is 0.917. The summed E-state index contributed by atoms with van der Waals surface area (Å²) in [6, 6.07) is 0. The highest BCUT2D eigenvalue weighted by molar-refractivity contribution is 5.84. The van der Waals surface area contributed by atoms with Gasteiger partial charge in [-0.05, 0) is 12.8 Å². The number of esters is 1. The number of rotatable bonds is 3. The van der Waals surface area contributed by atoms with E-state index in [9.17, 15) is 4.79 Å². The van der Waals surface area contributed by atoms with E-state index in [-0.39, 0.29) is 17.7 Å². The zero-order valence-corrected chi connectivity index (χ0v) is 10.2. The molecule has 0 saturated carbocycles. The van der Waals surface area contributed by atoms with Crippen molar-refractivity contribution in [2.75, 3.05) is 13.7 Å². The molecule has 16 heavy (non-hydrogen) atoms. The zero-order chi connectivity index (χ0) is 11.8. The Hall–Kier alpha value is -0.610. The second-order valence-corrected chi connectivity index (χ2v) is 4.62. The Labute approximate surface area is 96.2 Å². The predicted molar refractivity (Wildman–Crippen MR) is 58.1 cm³/mol. The smallest absolute Gasteiger partial charge is 0.341 e. The summed E-state index contributed by atoms with van der Waals surface area (Å²) in [4.78, 5) is 11.8. The van der Waals surface area contributed by atoms with Crippen molar-refractivity contribution in [3.8, 4) is 0 Å². The van der Waals surface area contributed by atoms with Crippen molar-refractivity contribution in [1.29, 1.82) is 0 Å². The second-order valence-electron chi connectivity index (χ2n) is 4.62. The lowest BCUT2D eigenvalue weighted by Crippen LogP contribution is -2.41. The third-order valence-electron chi connectivity index (χ3n) is 3.95. The van der Waals surface area contributed by atoms with E-state index in [4.69, 9.17) is 14.2 Å². The molecule has 2 aliphatic rings. The van der Waals surface area contributed by atoms with Crippen molar-refractivity contribution < 1.29 is 19.0 Å². The standard InChI is InChI=1S/C12H20O4/c1-4-9-8-11(6-7-15-9)12(5-2,16-11)10(13)14-3/h9H,4-8H2,1-3H3. The first kappa shape index (κ1) is 11.9. The number of epoxide rings is 1. The molecule has 0 amide bonds. The Morgan fingerprint density at radius 3 is 2.81 bits per heavy atom. The Balaban J connectivity index is 2.13. The molecule has 3 unspecified atom stereocenters. The molecule has 2 fully saturated rings. The van der Waals surface area contributed by atoms with Gasteiger partial charge in [0.05, 0.1) is 13.2 Å². The van der Waals surface area contributed by atoms with Gasteiger partial charge in [-0.3, -0.25) is 0 Å². The minimum Gasteiger partial charge on any atom is -0.467 e. The van der Waals surface area contributed by atoms with Crippen molar-refractivity contribution in [3.63, 3.8) is 0 Å². The summed E-state index contributed by atoms with van der Waals surface area (Å²) in [5.74, 6) is -0.230. The molecule has 3 atom stereocenters. The van der Waals surface area contributed by atoms with Crippen LogP contribution in [0, 0.1) is 0 Å². The van der Waals surface area contributed by atoms with E-state index in [1.54, 1.807) is 0 Å². The predicted octanol–water partition coefficient (Wildman–Crippen LogP) is 1.67. The van der Waals surface area contributed by atoms with E-state index in [2.05, 4.69) is 6.92 Å². The van der Waals surface area contributed by atoms with Crippen LogP contribution in [-0.2, 0) is 19.0 Å². The molecule has 0 aliphatic carbocycles. The SMILES string of the molecule is CCC1CC2(CCO1)OC2(CC)C(=O)OC. The Bertz CT molecular complexity index is 291. The molecule has 0 aromatic rings. The highest BCUT2D eigenvalue weighted by atomic mass is 16.7. The van der Waals surface area contributed by atoms with Crippen molar-refractivity contribution in [3.05, 3.63) is 0 Å². The van der Waals surface area contributed by atoms with Gasteiger partial charge in [0.1, 0.15) is 5.60 Å². The van der Waals surface area contributed by atoms with E-state index in [0.717, 1.165) is 19.3 Å². The van der Waals surface area contributed by atoms with Crippen molar-refractivity contribution in [2.24, 2.45) is 0 Å². The summed E-state index contributed by atoms with van der Waals surface area (Å²) in [5.41, 5.74) is -1.01. The molecule has 2 aliphatic heterocycles.